The lowest BCUT2D eigenvalue weighted by Gasteiger charge is -2.39. The van der Waals surface area contributed by atoms with Crippen molar-refractivity contribution in [3.8, 4) is 0 Å². The first kappa shape index (κ1) is 11.9. The van der Waals surface area contributed by atoms with Gasteiger partial charge in [-0.25, -0.2) is 5.14 Å². The summed E-state index contributed by atoms with van der Waals surface area (Å²) in [6, 6.07) is -0.0113. The van der Waals surface area contributed by atoms with Crippen LogP contribution in [0, 0.1) is 11.8 Å². The van der Waals surface area contributed by atoms with E-state index in [0.717, 1.165) is 6.42 Å². The predicted octanol–water partition coefficient (Wildman–Crippen LogP) is -0.505. The monoisotopic (exact) mass is 221 g/mol. The van der Waals surface area contributed by atoms with E-state index in [-0.39, 0.29) is 12.0 Å². The fraction of sp³-hybridized carbons (Fsp3) is 1.00. The summed E-state index contributed by atoms with van der Waals surface area (Å²) >= 11 is 0. The summed E-state index contributed by atoms with van der Waals surface area (Å²) in [5, 5.41) is 5.12. The van der Waals surface area contributed by atoms with Crippen molar-refractivity contribution in [2.24, 2.45) is 22.7 Å². The van der Waals surface area contributed by atoms with Crippen molar-refractivity contribution in [2.75, 3.05) is 13.1 Å². The molecule has 1 aliphatic heterocycles. The molecule has 0 aromatic rings. The second-order valence-corrected chi connectivity index (χ2v) is 5.67. The van der Waals surface area contributed by atoms with Crippen molar-refractivity contribution in [1.29, 1.82) is 0 Å². The van der Waals surface area contributed by atoms with Gasteiger partial charge in [-0.15, -0.1) is 0 Å². The summed E-state index contributed by atoms with van der Waals surface area (Å²) in [6.45, 7) is 4.96. The highest BCUT2D eigenvalue weighted by atomic mass is 32.2. The van der Waals surface area contributed by atoms with Gasteiger partial charge in [-0.1, -0.05) is 6.92 Å². The molecule has 0 aromatic heterocycles. The van der Waals surface area contributed by atoms with E-state index in [1.165, 1.54) is 4.31 Å². The normalized spacial score (nSPS) is 35.9. The quantitative estimate of drug-likeness (QED) is 0.658. The summed E-state index contributed by atoms with van der Waals surface area (Å²) in [5.41, 5.74) is 5.58. The highest BCUT2D eigenvalue weighted by Crippen LogP contribution is 2.27. The standard InChI is InChI=1S/C8H19N3O2S/c1-6-3-7(2)11(14(10,12)13)5-8(6)4-9/h6-8H,3-5,9H2,1-2H3,(H2,10,12,13). The van der Waals surface area contributed by atoms with Gasteiger partial charge < -0.3 is 5.73 Å². The zero-order valence-corrected chi connectivity index (χ0v) is 9.50. The van der Waals surface area contributed by atoms with E-state index in [1.807, 2.05) is 6.92 Å². The van der Waals surface area contributed by atoms with Crippen LogP contribution in [0.25, 0.3) is 0 Å². The SMILES string of the molecule is CC1CC(C)N(S(N)(=O)=O)CC1CN. The third kappa shape index (κ3) is 2.44. The fourth-order valence-corrected chi connectivity index (χ4v) is 3.09. The number of hydrogen-bond acceptors (Lipinski definition) is 3. The first-order chi connectivity index (χ1) is 6.36. The number of nitrogens with two attached hydrogens (primary N) is 2. The van der Waals surface area contributed by atoms with Gasteiger partial charge >= 0.3 is 0 Å². The van der Waals surface area contributed by atoms with Gasteiger partial charge in [-0.2, -0.15) is 12.7 Å². The Hall–Kier alpha value is -0.170. The third-order valence-corrected chi connectivity index (χ3v) is 4.22. The van der Waals surface area contributed by atoms with Crippen molar-refractivity contribution in [1.82, 2.24) is 4.31 Å². The molecule has 0 radical (unpaired) electrons. The molecule has 1 fully saturated rings. The fourth-order valence-electron chi connectivity index (χ4n) is 2.10. The maximum atomic E-state index is 11.2. The van der Waals surface area contributed by atoms with Gasteiger partial charge in [0.05, 0.1) is 0 Å². The molecule has 3 atom stereocenters. The zero-order valence-electron chi connectivity index (χ0n) is 8.68. The third-order valence-electron chi connectivity index (χ3n) is 3.05. The lowest BCUT2D eigenvalue weighted by atomic mass is 9.85. The molecule has 5 nitrogen and oxygen atoms in total. The van der Waals surface area contributed by atoms with E-state index in [1.54, 1.807) is 0 Å². The van der Waals surface area contributed by atoms with Gasteiger partial charge in [0.1, 0.15) is 0 Å². The highest BCUT2D eigenvalue weighted by Gasteiger charge is 2.35. The molecule has 0 spiro atoms. The van der Waals surface area contributed by atoms with Gasteiger partial charge in [0.15, 0.2) is 0 Å². The Balaban J connectivity index is 2.80. The first-order valence-electron chi connectivity index (χ1n) is 4.86. The molecule has 6 heteroatoms. The van der Waals surface area contributed by atoms with Crippen molar-refractivity contribution in [2.45, 2.75) is 26.3 Å². The number of piperidine rings is 1. The highest BCUT2D eigenvalue weighted by molar-refractivity contribution is 7.86. The summed E-state index contributed by atoms with van der Waals surface area (Å²) in [5.74, 6) is 0.692. The molecule has 1 aliphatic rings. The van der Waals surface area contributed by atoms with E-state index in [2.05, 4.69) is 6.92 Å². The molecule has 84 valence electrons. The van der Waals surface area contributed by atoms with E-state index in [0.29, 0.717) is 19.0 Å². The Morgan fingerprint density at radius 3 is 2.43 bits per heavy atom. The first-order valence-corrected chi connectivity index (χ1v) is 6.36. The zero-order chi connectivity index (χ0) is 10.9. The Morgan fingerprint density at radius 2 is 2.00 bits per heavy atom. The topological polar surface area (TPSA) is 89.4 Å². The molecule has 0 amide bonds. The minimum Gasteiger partial charge on any atom is -0.330 e. The van der Waals surface area contributed by atoms with E-state index >= 15 is 0 Å². The minimum atomic E-state index is -3.56. The molecule has 0 aromatic carbocycles. The van der Waals surface area contributed by atoms with Crippen molar-refractivity contribution >= 4 is 10.2 Å². The Labute approximate surface area is 85.6 Å². The minimum absolute atomic E-state index is 0.0113. The van der Waals surface area contributed by atoms with Gasteiger partial charge in [0.25, 0.3) is 10.2 Å². The molecule has 14 heavy (non-hydrogen) atoms. The Morgan fingerprint density at radius 1 is 1.43 bits per heavy atom. The summed E-state index contributed by atoms with van der Waals surface area (Å²) < 4.78 is 23.8. The lowest BCUT2D eigenvalue weighted by Crippen LogP contribution is -2.52. The predicted molar refractivity (Wildman–Crippen MR) is 55.6 cm³/mol. The number of nitrogens with zero attached hydrogens (tertiary/aromatic N) is 1. The molecule has 0 saturated carbocycles. The molecule has 1 heterocycles. The van der Waals surface area contributed by atoms with Crippen LogP contribution < -0.4 is 10.9 Å². The molecule has 0 bridgehead atoms. The molecule has 1 rings (SSSR count). The van der Waals surface area contributed by atoms with Gasteiger partial charge in [-0.3, -0.25) is 0 Å². The summed E-state index contributed by atoms with van der Waals surface area (Å²) in [4.78, 5) is 0. The maximum Gasteiger partial charge on any atom is 0.277 e. The van der Waals surface area contributed by atoms with Crippen LogP contribution in [0.5, 0.6) is 0 Å². The lowest BCUT2D eigenvalue weighted by molar-refractivity contribution is 0.153. The van der Waals surface area contributed by atoms with Crippen LogP contribution in [0.2, 0.25) is 0 Å². The number of rotatable bonds is 2. The largest absolute Gasteiger partial charge is 0.330 e. The second-order valence-electron chi connectivity index (χ2n) is 4.17. The van der Waals surface area contributed by atoms with Gasteiger partial charge in [0, 0.05) is 12.6 Å². The van der Waals surface area contributed by atoms with Gasteiger partial charge in [-0.05, 0) is 31.7 Å². The van der Waals surface area contributed by atoms with Crippen LogP contribution in [0.3, 0.4) is 0 Å². The Bertz CT molecular complexity index is 291. The van der Waals surface area contributed by atoms with Crippen molar-refractivity contribution in [3.05, 3.63) is 0 Å². The average Bonchev–Trinajstić information content (AvgIpc) is 2.02. The molecule has 1 saturated heterocycles. The van der Waals surface area contributed by atoms with Crippen molar-refractivity contribution in [3.63, 3.8) is 0 Å². The van der Waals surface area contributed by atoms with Crippen LogP contribution >= 0.6 is 0 Å². The molecule has 3 unspecified atom stereocenters. The number of hydrogen-bond donors (Lipinski definition) is 2. The molecular formula is C8H19N3O2S. The average molecular weight is 221 g/mol. The van der Waals surface area contributed by atoms with Crippen LogP contribution in [0.15, 0.2) is 0 Å². The van der Waals surface area contributed by atoms with E-state index in [9.17, 15) is 8.42 Å². The van der Waals surface area contributed by atoms with Crippen LogP contribution in [-0.2, 0) is 10.2 Å². The van der Waals surface area contributed by atoms with Crippen LogP contribution in [-0.4, -0.2) is 31.9 Å². The smallest absolute Gasteiger partial charge is 0.277 e. The van der Waals surface area contributed by atoms with Gasteiger partial charge in [0.2, 0.25) is 0 Å². The van der Waals surface area contributed by atoms with Crippen LogP contribution in [0.1, 0.15) is 20.3 Å². The second kappa shape index (κ2) is 4.14. The molecule has 4 N–H and O–H groups in total. The Kier molecular flexibility index (Phi) is 3.52. The summed E-state index contributed by atoms with van der Waals surface area (Å²) in [7, 11) is -3.56. The summed E-state index contributed by atoms with van der Waals surface area (Å²) in [6.07, 6.45) is 0.832. The van der Waals surface area contributed by atoms with Crippen molar-refractivity contribution < 1.29 is 8.42 Å². The van der Waals surface area contributed by atoms with E-state index < -0.39 is 10.2 Å². The molecule has 0 aliphatic carbocycles. The molecular weight excluding hydrogens is 202 g/mol. The van der Waals surface area contributed by atoms with Crippen LogP contribution in [0.4, 0.5) is 0 Å². The van der Waals surface area contributed by atoms with E-state index in [4.69, 9.17) is 10.9 Å². The maximum absolute atomic E-state index is 11.2.